The topological polar surface area (TPSA) is 53.7 Å². The maximum Gasteiger partial charge on any atom is 0.256 e. The van der Waals surface area contributed by atoms with Gasteiger partial charge in [-0.3, -0.25) is 5.73 Å². The highest BCUT2D eigenvalue weighted by atomic mass is 16.7. The van der Waals surface area contributed by atoms with Crippen molar-refractivity contribution in [1.29, 1.82) is 0 Å². The van der Waals surface area contributed by atoms with Crippen LogP contribution in [0.4, 0.5) is 0 Å². The van der Waals surface area contributed by atoms with Gasteiger partial charge < -0.3 is 14.2 Å². The summed E-state index contributed by atoms with van der Waals surface area (Å²) in [6, 6.07) is 7.30. The molecule has 0 bridgehead atoms. The number of methoxy groups -OCH3 is 3. The molecule has 14 heavy (non-hydrogen) atoms. The van der Waals surface area contributed by atoms with Crippen molar-refractivity contribution in [2.24, 2.45) is 5.73 Å². The molecule has 0 unspecified atom stereocenters. The van der Waals surface area contributed by atoms with Crippen LogP contribution in [-0.4, -0.2) is 21.3 Å². The van der Waals surface area contributed by atoms with E-state index in [1.807, 2.05) is 12.1 Å². The SMILES string of the molecule is COc1ccccc1C(N)(OC)OC. The Labute approximate surface area is 83.6 Å². The highest BCUT2D eigenvalue weighted by Gasteiger charge is 2.29. The van der Waals surface area contributed by atoms with Gasteiger partial charge in [0, 0.05) is 14.2 Å². The van der Waals surface area contributed by atoms with E-state index in [0.29, 0.717) is 11.3 Å². The molecular weight excluding hydrogens is 182 g/mol. The first kappa shape index (κ1) is 11.0. The fourth-order valence-electron chi connectivity index (χ4n) is 1.24. The predicted octanol–water partition coefficient (Wildman–Crippen LogP) is 1.06. The lowest BCUT2D eigenvalue weighted by atomic mass is 10.1. The number of rotatable bonds is 4. The molecule has 0 fully saturated rings. The van der Waals surface area contributed by atoms with E-state index in [4.69, 9.17) is 19.9 Å². The van der Waals surface area contributed by atoms with E-state index in [1.165, 1.54) is 14.2 Å². The third-order valence-corrected chi connectivity index (χ3v) is 2.09. The summed E-state index contributed by atoms with van der Waals surface area (Å²) in [5.74, 6) is -0.620. The molecule has 0 aliphatic heterocycles. The van der Waals surface area contributed by atoms with Crippen LogP contribution < -0.4 is 10.5 Å². The van der Waals surface area contributed by atoms with Crippen LogP contribution in [0, 0.1) is 0 Å². The standard InChI is InChI=1S/C10H15NO3/c1-12-9-7-5-4-6-8(9)10(11,13-2)14-3/h4-7H,11H2,1-3H3. The summed E-state index contributed by atoms with van der Waals surface area (Å²) in [6.07, 6.45) is 0. The number of ether oxygens (including phenoxy) is 3. The van der Waals surface area contributed by atoms with Gasteiger partial charge in [-0.1, -0.05) is 12.1 Å². The van der Waals surface area contributed by atoms with Crippen LogP contribution in [0.3, 0.4) is 0 Å². The molecule has 0 saturated carbocycles. The van der Waals surface area contributed by atoms with Gasteiger partial charge in [0.2, 0.25) is 0 Å². The van der Waals surface area contributed by atoms with E-state index in [0.717, 1.165) is 0 Å². The number of benzene rings is 1. The first-order valence-electron chi connectivity index (χ1n) is 4.20. The molecule has 1 aromatic rings. The second-order valence-electron chi connectivity index (χ2n) is 2.78. The lowest BCUT2D eigenvalue weighted by molar-refractivity contribution is -0.212. The molecule has 0 heterocycles. The molecule has 0 aromatic heterocycles. The zero-order chi connectivity index (χ0) is 10.6. The molecular formula is C10H15NO3. The Morgan fingerprint density at radius 1 is 1.07 bits per heavy atom. The molecule has 4 heteroatoms. The minimum atomic E-state index is -1.26. The summed E-state index contributed by atoms with van der Waals surface area (Å²) in [5, 5.41) is 0. The van der Waals surface area contributed by atoms with E-state index in [-0.39, 0.29) is 0 Å². The van der Waals surface area contributed by atoms with Gasteiger partial charge >= 0.3 is 0 Å². The quantitative estimate of drug-likeness (QED) is 0.733. The van der Waals surface area contributed by atoms with Crippen molar-refractivity contribution in [3.63, 3.8) is 0 Å². The Balaban J connectivity index is 3.15. The van der Waals surface area contributed by atoms with Crippen molar-refractivity contribution in [2.45, 2.75) is 5.91 Å². The molecule has 2 N–H and O–H groups in total. The van der Waals surface area contributed by atoms with E-state index in [1.54, 1.807) is 19.2 Å². The molecule has 1 aromatic carbocycles. The normalized spacial score (nSPS) is 11.4. The van der Waals surface area contributed by atoms with Crippen LogP contribution in [-0.2, 0) is 15.4 Å². The summed E-state index contributed by atoms with van der Waals surface area (Å²) in [7, 11) is 4.54. The van der Waals surface area contributed by atoms with Crippen LogP contribution in [0.5, 0.6) is 5.75 Å². The van der Waals surface area contributed by atoms with Gasteiger partial charge in [-0.2, -0.15) is 0 Å². The van der Waals surface area contributed by atoms with Gasteiger partial charge in [0.15, 0.2) is 0 Å². The molecule has 0 saturated heterocycles. The van der Waals surface area contributed by atoms with Gasteiger partial charge in [-0.05, 0) is 12.1 Å². The first-order chi connectivity index (χ1) is 6.68. The summed E-state index contributed by atoms with van der Waals surface area (Å²) in [5.41, 5.74) is 6.53. The third kappa shape index (κ3) is 1.87. The molecule has 0 amide bonds. The molecule has 0 aliphatic carbocycles. The van der Waals surface area contributed by atoms with Gasteiger partial charge in [-0.25, -0.2) is 0 Å². The van der Waals surface area contributed by atoms with Crippen LogP contribution in [0.1, 0.15) is 5.56 Å². The fraction of sp³-hybridized carbons (Fsp3) is 0.400. The average molecular weight is 197 g/mol. The molecule has 4 nitrogen and oxygen atoms in total. The lowest BCUT2D eigenvalue weighted by Crippen LogP contribution is -2.40. The Morgan fingerprint density at radius 2 is 1.64 bits per heavy atom. The summed E-state index contributed by atoms with van der Waals surface area (Å²) >= 11 is 0. The van der Waals surface area contributed by atoms with Crippen molar-refractivity contribution >= 4 is 0 Å². The van der Waals surface area contributed by atoms with Crippen molar-refractivity contribution in [1.82, 2.24) is 0 Å². The Kier molecular flexibility index (Phi) is 3.46. The summed E-state index contributed by atoms with van der Waals surface area (Å²) in [4.78, 5) is 0. The highest BCUT2D eigenvalue weighted by molar-refractivity contribution is 5.36. The van der Waals surface area contributed by atoms with Crippen molar-refractivity contribution in [2.75, 3.05) is 21.3 Å². The van der Waals surface area contributed by atoms with Gasteiger partial charge in [0.25, 0.3) is 5.91 Å². The van der Waals surface area contributed by atoms with E-state index in [2.05, 4.69) is 0 Å². The number of hydrogen-bond donors (Lipinski definition) is 1. The Hall–Kier alpha value is -1.10. The highest BCUT2D eigenvalue weighted by Crippen LogP contribution is 2.28. The van der Waals surface area contributed by atoms with Crippen molar-refractivity contribution in [3.05, 3.63) is 29.8 Å². The fourth-order valence-corrected chi connectivity index (χ4v) is 1.24. The van der Waals surface area contributed by atoms with Crippen LogP contribution in [0.2, 0.25) is 0 Å². The molecule has 0 spiro atoms. The number of nitrogens with two attached hydrogens (primary N) is 1. The zero-order valence-corrected chi connectivity index (χ0v) is 8.61. The molecule has 78 valence electrons. The second-order valence-corrected chi connectivity index (χ2v) is 2.78. The van der Waals surface area contributed by atoms with Crippen molar-refractivity contribution < 1.29 is 14.2 Å². The maximum absolute atomic E-state index is 5.87. The smallest absolute Gasteiger partial charge is 0.256 e. The maximum atomic E-state index is 5.87. The minimum Gasteiger partial charge on any atom is -0.496 e. The molecule has 0 atom stereocenters. The van der Waals surface area contributed by atoms with E-state index >= 15 is 0 Å². The predicted molar refractivity (Wildman–Crippen MR) is 52.9 cm³/mol. The van der Waals surface area contributed by atoms with E-state index < -0.39 is 5.91 Å². The monoisotopic (exact) mass is 197 g/mol. The van der Waals surface area contributed by atoms with Crippen LogP contribution in [0.25, 0.3) is 0 Å². The summed E-state index contributed by atoms with van der Waals surface area (Å²) in [6.45, 7) is 0. The second kappa shape index (κ2) is 4.41. The molecule has 1 rings (SSSR count). The van der Waals surface area contributed by atoms with Gasteiger partial charge in [0.1, 0.15) is 5.75 Å². The largest absolute Gasteiger partial charge is 0.496 e. The van der Waals surface area contributed by atoms with Crippen LogP contribution in [0.15, 0.2) is 24.3 Å². The molecule has 0 radical (unpaired) electrons. The Morgan fingerprint density at radius 3 is 2.14 bits per heavy atom. The Bertz CT molecular complexity index is 297. The first-order valence-corrected chi connectivity index (χ1v) is 4.20. The van der Waals surface area contributed by atoms with E-state index in [9.17, 15) is 0 Å². The van der Waals surface area contributed by atoms with Crippen LogP contribution >= 0.6 is 0 Å². The van der Waals surface area contributed by atoms with Gasteiger partial charge in [-0.15, -0.1) is 0 Å². The number of para-hydroxylation sites is 1. The van der Waals surface area contributed by atoms with Gasteiger partial charge in [0.05, 0.1) is 12.7 Å². The third-order valence-electron chi connectivity index (χ3n) is 2.09. The zero-order valence-electron chi connectivity index (χ0n) is 8.61. The lowest BCUT2D eigenvalue weighted by Gasteiger charge is -2.27. The summed E-state index contributed by atoms with van der Waals surface area (Å²) < 4.78 is 15.3. The molecule has 0 aliphatic rings. The number of hydrogen-bond acceptors (Lipinski definition) is 4. The van der Waals surface area contributed by atoms with Crippen molar-refractivity contribution in [3.8, 4) is 5.75 Å². The average Bonchev–Trinajstić information content (AvgIpc) is 2.28. The minimum absolute atomic E-state index is 0.638.